The number of aromatic amines is 1. The number of aromatic nitrogens is 3. The van der Waals surface area contributed by atoms with Crippen molar-refractivity contribution in [2.24, 2.45) is 0 Å². The van der Waals surface area contributed by atoms with Crippen LogP contribution in [0.15, 0.2) is 57.8 Å². The lowest BCUT2D eigenvalue weighted by molar-refractivity contribution is 0.103. The van der Waals surface area contributed by atoms with Gasteiger partial charge in [0.15, 0.2) is 5.82 Å². The average molecular weight is 443 g/mol. The third-order valence-electron chi connectivity index (χ3n) is 4.06. The number of hydrogen-bond acceptors (Lipinski definition) is 7. The van der Waals surface area contributed by atoms with E-state index in [1.54, 1.807) is 55.5 Å². The van der Waals surface area contributed by atoms with Crippen molar-refractivity contribution in [3.8, 4) is 17.1 Å². The van der Waals surface area contributed by atoms with Crippen LogP contribution in [0.4, 0.5) is 5.69 Å². The van der Waals surface area contributed by atoms with Crippen LogP contribution in [0.2, 0.25) is 5.02 Å². The highest BCUT2D eigenvalue weighted by Crippen LogP contribution is 2.24. The summed E-state index contributed by atoms with van der Waals surface area (Å²) in [5.74, 6) is 0.0225. The van der Waals surface area contributed by atoms with Gasteiger partial charge in [0.2, 0.25) is 0 Å². The smallest absolute Gasteiger partial charge is 0.439 e. The maximum absolute atomic E-state index is 12.7. The Morgan fingerprint density at radius 3 is 2.80 bits per heavy atom. The fourth-order valence-electron chi connectivity index (χ4n) is 2.69. The molecule has 2 aromatic heterocycles. The van der Waals surface area contributed by atoms with Gasteiger partial charge in [0.1, 0.15) is 22.2 Å². The van der Waals surface area contributed by atoms with Crippen LogP contribution < -0.4 is 15.8 Å². The molecule has 0 aliphatic heterocycles. The van der Waals surface area contributed by atoms with Crippen molar-refractivity contribution in [1.82, 2.24) is 15.1 Å². The Balaban J connectivity index is 1.45. The first-order valence-corrected chi connectivity index (χ1v) is 10.00. The summed E-state index contributed by atoms with van der Waals surface area (Å²) < 4.78 is 10.2. The minimum atomic E-state index is -0.645. The molecule has 0 saturated carbocycles. The highest BCUT2D eigenvalue weighted by molar-refractivity contribution is 7.13. The van der Waals surface area contributed by atoms with Crippen molar-refractivity contribution in [2.75, 3.05) is 5.32 Å². The Labute approximate surface area is 179 Å². The molecule has 0 aliphatic carbocycles. The van der Waals surface area contributed by atoms with E-state index in [4.69, 9.17) is 16.3 Å². The summed E-state index contributed by atoms with van der Waals surface area (Å²) in [4.78, 5) is 31.2. The van der Waals surface area contributed by atoms with Crippen molar-refractivity contribution in [2.45, 2.75) is 13.5 Å². The molecule has 0 fully saturated rings. The number of anilines is 1. The fraction of sp³-hybridized carbons (Fsp3) is 0.100. The second-order valence-corrected chi connectivity index (χ2v) is 7.76. The largest absolute Gasteiger partial charge is 0.486 e. The first-order valence-electron chi connectivity index (χ1n) is 8.80. The zero-order chi connectivity index (χ0) is 21.1. The monoisotopic (exact) mass is 442 g/mol. The molecule has 2 N–H and O–H groups in total. The third-order valence-corrected chi connectivity index (χ3v) is 5.44. The van der Waals surface area contributed by atoms with Gasteiger partial charge in [-0.2, -0.15) is 0 Å². The molecule has 0 saturated heterocycles. The van der Waals surface area contributed by atoms with Crippen molar-refractivity contribution >= 4 is 34.5 Å². The van der Waals surface area contributed by atoms with E-state index in [1.807, 2.05) is 0 Å². The van der Waals surface area contributed by atoms with E-state index in [0.717, 1.165) is 0 Å². The molecular weight excluding hydrogens is 428 g/mol. The summed E-state index contributed by atoms with van der Waals surface area (Å²) >= 11 is 7.13. The lowest BCUT2D eigenvalue weighted by Crippen LogP contribution is -2.11. The van der Waals surface area contributed by atoms with Crippen LogP contribution in [0.25, 0.3) is 11.4 Å². The first kappa shape index (κ1) is 19.9. The number of H-pyrrole nitrogens is 1. The highest BCUT2D eigenvalue weighted by atomic mass is 35.5. The maximum atomic E-state index is 12.7. The molecule has 4 rings (SSSR count). The number of aryl methyl sites for hydroxylation is 1. The minimum absolute atomic E-state index is 0.245. The number of benzene rings is 2. The molecule has 1 amide bonds. The summed E-state index contributed by atoms with van der Waals surface area (Å²) in [6, 6.07) is 13.9. The van der Waals surface area contributed by atoms with Crippen LogP contribution in [0.1, 0.15) is 20.4 Å². The molecule has 0 atom stereocenters. The van der Waals surface area contributed by atoms with Gasteiger partial charge in [-0.05, 0) is 43.3 Å². The second kappa shape index (κ2) is 8.52. The molecule has 0 aliphatic rings. The number of nitrogens with one attached hydrogen (secondary N) is 2. The number of halogens is 1. The van der Waals surface area contributed by atoms with Gasteiger partial charge >= 0.3 is 5.76 Å². The van der Waals surface area contributed by atoms with Crippen LogP contribution in [0.5, 0.6) is 5.75 Å². The molecular formula is C20H15ClN4O4S. The fourth-order valence-corrected chi connectivity index (χ4v) is 3.69. The Morgan fingerprint density at radius 2 is 2.07 bits per heavy atom. The van der Waals surface area contributed by atoms with Crippen molar-refractivity contribution in [1.29, 1.82) is 0 Å². The number of carbonyl (C=O) groups is 1. The molecule has 0 radical (unpaired) electrons. The Bertz CT molecular complexity index is 1250. The summed E-state index contributed by atoms with van der Waals surface area (Å²) in [6.07, 6.45) is 0. The van der Waals surface area contributed by atoms with E-state index in [2.05, 4.69) is 25.0 Å². The number of carbonyl (C=O) groups excluding carboxylic acids is 1. The minimum Gasteiger partial charge on any atom is -0.486 e. The number of rotatable bonds is 6. The SMILES string of the molecule is Cc1nc(COc2ccc(Cl)cc2)sc1C(=O)Nc1cccc(-c2noc(=O)[nH]2)c1. The molecule has 0 bridgehead atoms. The van der Waals surface area contributed by atoms with Gasteiger partial charge in [0.05, 0.1) is 5.69 Å². The number of thiazole rings is 1. The molecule has 152 valence electrons. The van der Waals surface area contributed by atoms with Crippen LogP contribution >= 0.6 is 22.9 Å². The van der Waals surface area contributed by atoms with Gasteiger partial charge < -0.3 is 10.1 Å². The Hall–Kier alpha value is -3.43. The zero-order valence-electron chi connectivity index (χ0n) is 15.6. The van der Waals surface area contributed by atoms with Gasteiger partial charge in [-0.1, -0.05) is 28.9 Å². The predicted octanol–water partition coefficient (Wildman–Crippen LogP) is 4.28. The van der Waals surface area contributed by atoms with Crippen molar-refractivity contribution in [3.63, 3.8) is 0 Å². The molecule has 2 heterocycles. The summed E-state index contributed by atoms with van der Waals surface area (Å²) in [6.45, 7) is 2.02. The highest BCUT2D eigenvalue weighted by Gasteiger charge is 2.16. The standard InChI is InChI=1S/C20H15ClN4O4S/c1-11-17(30-16(22-11)10-28-15-7-5-13(21)6-8-15)19(26)23-14-4-2-3-12(9-14)18-24-20(27)29-25-18/h2-9H,10H2,1H3,(H,23,26)(H,24,25,27). The van der Waals surface area contributed by atoms with Crippen LogP contribution in [0.3, 0.4) is 0 Å². The van der Waals surface area contributed by atoms with Gasteiger partial charge in [-0.15, -0.1) is 11.3 Å². The second-order valence-electron chi connectivity index (χ2n) is 6.24. The van der Waals surface area contributed by atoms with E-state index in [-0.39, 0.29) is 18.3 Å². The Kier molecular flexibility index (Phi) is 5.64. The van der Waals surface area contributed by atoms with Gasteiger partial charge in [-0.25, -0.2) is 9.78 Å². The van der Waals surface area contributed by atoms with E-state index < -0.39 is 5.76 Å². The third kappa shape index (κ3) is 4.58. The molecule has 0 spiro atoms. The first-order chi connectivity index (χ1) is 14.5. The number of ether oxygens (including phenoxy) is 1. The molecule has 2 aromatic carbocycles. The number of amides is 1. The Morgan fingerprint density at radius 1 is 1.27 bits per heavy atom. The van der Waals surface area contributed by atoms with Crippen LogP contribution in [0, 0.1) is 6.92 Å². The molecule has 0 unspecified atom stereocenters. The quantitative estimate of drug-likeness (QED) is 0.461. The van der Waals surface area contributed by atoms with E-state index in [0.29, 0.717) is 37.6 Å². The van der Waals surface area contributed by atoms with E-state index in [1.165, 1.54) is 11.3 Å². The molecule has 30 heavy (non-hydrogen) atoms. The predicted molar refractivity (Wildman–Crippen MR) is 113 cm³/mol. The van der Waals surface area contributed by atoms with Crippen LogP contribution in [-0.2, 0) is 6.61 Å². The van der Waals surface area contributed by atoms with Gasteiger partial charge in [-0.3, -0.25) is 14.3 Å². The molecule has 10 heteroatoms. The topological polar surface area (TPSA) is 110 Å². The van der Waals surface area contributed by atoms with E-state index >= 15 is 0 Å². The van der Waals surface area contributed by atoms with Gasteiger partial charge in [0.25, 0.3) is 5.91 Å². The van der Waals surface area contributed by atoms with E-state index in [9.17, 15) is 9.59 Å². The lowest BCUT2D eigenvalue weighted by atomic mass is 10.2. The number of hydrogen-bond donors (Lipinski definition) is 2. The zero-order valence-corrected chi connectivity index (χ0v) is 17.2. The molecule has 8 nitrogen and oxygen atoms in total. The summed E-state index contributed by atoms with van der Waals surface area (Å²) in [5.41, 5.74) is 1.77. The summed E-state index contributed by atoms with van der Waals surface area (Å²) in [5, 5.41) is 7.79. The maximum Gasteiger partial charge on any atom is 0.439 e. The van der Waals surface area contributed by atoms with Crippen molar-refractivity contribution in [3.05, 3.63) is 79.7 Å². The van der Waals surface area contributed by atoms with Gasteiger partial charge in [0, 0.05) is 16.3 Å². The van der Waals surface area contributed by atoms with Crippen molar-refractivity contribution < 1.29 is 14.1 Å². The normalized spacial score (nSPS) is 10.7. The lowest BCUT2D eigenvalue weighted by Gasteiger charge is -2.05. The summed E-state index contributed by atoms with van der Waals surface area (Å²) in [7, 11) is 0. The molecule has 4 aromatic rings. The van der Waals surface area contributed by atoms with Crippen LogP contribution in [-0.4, -0.2) is 21.0 Å². The number of nitrogens with zero attached hydrogens (tertiary/aromatic N) is 2. The average Bonchev–Trinajstić information content (AvgIpc) is 3.33.